The number of halogens is 1. The Kier molecular flexibility index (Phi) is 5.47. The van der Waals surface area contributed by atoms with Crippen LogP contribution in [0.1, 0.15) is 38.8 Å². The van der Waals surface area contributed by atoms with Crippen molar-refractivity contribution in [2.45, 2.75) is 44.8 Å². The van der Waals surface area contributed by atoms with E-state index in [1.807, 2.05) is 38.8 Å². The first-order chi connectivity index (χ1) is 8.85. The van der Waals surface area contributed by atoms with E-state index in [1.165, 1.54) is 6.07 Å². The van der Waals surface area contributed by atoms with Gasteiger partial charge in [-0.15, -0.1) is 0 Å². The average molecular weight is 268 g/mol. The van der Waals surface area contributed by atoms with Gasteiger partial charge in [-0.3, -0.25) is 4.90 Å². The van der Waals surface area contributed by atoms with Crippen LogP contribution in [0.15, 0.2) is 24.3 Å². The third kappa shape index (κ3) is 3.53. The molecule has 2 atom stereocenters. The van der Waals surface area contributed by atoms with Crippen molar-refractivity contribution in [3.63, 3.8) is 0 Å². The fourth-order valence-electron chi connectivity index (χ4n) is 2.15. The highest BCUT2D eigenvalue weighted by molar-refractivity contribution is 5.23. The molecule has 3 N–H and O–H groups in total. The van der Waals surface area contributed by atoms with Gasteiger partial charge in [0.05, 0.1) is 12.6 Å². The van der Waals surface area contributed by atoms with Crippen LogP contribution in [0.25, 0.3) is 0 Å². The van der Waals surface area contributed by atoms with Gasteiger partial charge in [0, 0.05) is 17.1 Å². The second-order valence-corrected chi connectivity index (χ2v) is 5.62. The number of aliphatic hydroxyl groups is 1. The molecule has 0 saturated heterocycles. The van der Waals surface area contributed by atoms with Crippen LogP contribution in [0.5, 0.6) is 0 Å². The van der Waals surface area contributed by atoms with Gasteiger partial charge in [0.15, 0.2) is 0 Å². The number of aliphatic hydroxyl groups excluding tert-OH is 1. The smallest absolute Gasteiger partial charge is 0.128 e. The van der Waals surface area contributed by atoms with E-state index in [4.69, 9.17) is 5.73 Å². The maximum Gasteiger partial charge on any atom is 0.128 e. The summed E-state index contributed by atoms with van der Waals surface area (Å²) in [4.78, 5) is 1.96. The first-order valence-electron chi connectivity index (χ1n) is 6.69. The summed E-state index contributed by atoms with van der Waals surface area (Å²) in [5.41, 5.74) is 6.31. The molecule has 1 rings (SSSR count). The number of nitrogens with zero attached hydrogens (tertiary/aromatic N) is 1. The lowest BCUT2D eigenvalue weighted by atomic mass is 9.91. The molecule has 1 aromatic rings. The summed E-state index contributed by atoms with van der Waals surface area (Å²) < 4.78 is 14.0. The van der Waals surface area contributed by atoms with Gasteiger partial charge >= 0.3 is 0 Å². The van der Waals surface area contributed by atoms with E-state index in [0.29, 0.717) is 5.56 Å². The van der Waals surface area contributed by atoms with E-state index in [9.17, 15) is 9.50 Å². The third-order valence-electron chi connectivity index (χ3n) is 3.86. The Balaban J connectivity index is 3.20. The summed E-state index contributed by atoms with van der Waals surface area (Å²) >= 11 is 0. The van der Waals surface area contributed by atoms with Gasteiger partial charge in [-0.2, -0.15) is 0 Å². The number of nitrogens with two attached hydrogens (primary N) is 1. The number of hydrogen-bond acceptors (Lipinski definition) is 3. The van der Waals surface area contributed by atoms with Crippen molar-refractivity contribution >= 4 is 0 Å². The summed E-state index contributed by atoms with van der Waals surface area (Å²) in [7, 11) is 1.88. The van der Waals surface area contributed by atoms with Crippen LogP contribution in [-0.2, 0) is 0 Å². The molecular formula is C15H25FN2O. The van der Waals surface area contributed by atoms with Crippen LogP contribution in [-0.4, -0.2) is 35.2 Å². The molecule has 0 aromatic heterocycles. The molecule has 3 nitrogen and oxygen atoms in total. The summed E-state index contributed by atoms with van der Waals surface area (Å²) in [5, 5.41) is 9.51. The van der Waals surface area contributed by atoms with Crippen molar-refractivity contribution in [2.75, 3.05) is 13.7 Å². The zero-order chi connectivity index (χ0) is 14.6. The highest BCUT2D eigenvalue weighted by Crippen LogP contribution is 2.31. The van der Waals surface area contributed by atoms with Crippen molar-refractivity contribution in [3.8, 4) is 0 Å². The van der Waals surface area contributed by atoms with Crippen molar-refractivity contribution < 1.29 is 9.50 Å². The van der Waals surface area contributed by atoms with Crippen LogP contribution in [0.4, 0.5) is 4.39 Å². The molecule has 1 aromatic carbocycles. The molecule has 0 radical (unpaired) electrons. The second-order valence-electron chi connectivity index (χ2n) is 5.62. The highest BCUT2D eigenvalue weighted by atomic mass is 19.1. The highest BCUT2D eigenvalue weighted by Gasteiger charge is 2.34. The van der Waals surface area contributed by atoms with Gasteiger partial charge in [-0.1, -0.05) is 25.1 Å². The predicted octanol–water partition coefficient (Wildman–Crippen LogP) is 2.31. The minimum atomic E-state index is -0.459. The second kappa shape index (κ2) is 6.46. The number of rotatable bonds is 6. The van der Waals surface area contributed by atoms with E-state index in [-0.39, 0.29) is 24.5 Å². The summed E-state index contributed by atoms with van der Waals surface area (Å²) in [6, 6.07) is 6.25. The normalized spacial score (nSPS) is 15.6. The molecule has 0 spiro atoms. The minimum Gasteiger partial charge on any atom is -0.394 e. The van der Waals surface area contributed by atoms with Gasteiger partial charge in [-0.05, 0) is 33.4 Å². The Morgan fingerprint density at radius 1 is 1.37 bits per heavy atom. The SMILES string of the molecule is CCC(N)C(c1ccccc1F)N(C)C(C)(C)CO. The van der Waals surface area contributed by atoms with Crippen molar-refractivity contribution in [1.29, 1.82) is 0 Å². The third-order valence-corrected chi connectivity index (χ3v) is 3.86. The van der Waals surface area contributed by atoms with Gasteiger partial charge in [0.25, 0.3) is 0 Å². The maximum absolute atomic E-state index is 14.0. The van der Waals surface area contributed by atoms with E-state index in [2.05, 4.69) is 0 Å². The van der Waals surface area contributed by atoms with E-state index in [1.54, 1.807) is 12.1 Å². The largest absolute Gasteiger partial charge is 0.394 e. The van der Waals surface area contributed by atoms with Gasteiger partial charge in [-0.25, -0.2) is 4.39 Å². The standard InChI is InChI=1S/C15H25FN2O/c1-5-13(17)14(18(4)15(2,3)10-19)11-8-6-7-9-12(11)16/h6-9,13-14,19H,5,10,17H2,1-4H3. The minimum absolute atomic E-state index is 0.00904. The predicted molar refractivity (Wildman–Crippen MR) is 76.3 cm³/mol. The van der Waals surface area contributed by atoms with E-state index in [0.717, 1.165) is 6.42 Å². The van der Waals surface area contributed by atoms with Gasteiger partial charge in [0.2, 0.25) is 0 Å². The van der Waals surface area contributed by atoms with Gasteiger partial charge in [0.1, 0.15) is 5.82 Å². The molecule has 0 saturated carbocycles. The zero-order valence-corrected chi connectivity index (χ0v) is 12.2. The number of hydrogen-bond donors (Lipinski definition) is 2. The molecule has 0 bridgehead atoms. The summed E-state index contributed by atoms with van der Waals surface area (Å²) in [6.45, 7) is 5.82. The Morgan fingerprint density at radius 3 is 2.42 bits per heavy atom. The number of likely N-dealkylation sites (N-methyl/N-ethyl adjacent to an activating group) is 1. The molecule has 2 unspecified atom stereocenters. The fourth-order valence-corrected chi connectivity index (χ4v) is 2.15. The van der Waals surface area contributed by atoms with Crippen LogP contribution in [0, 0.1) is 5.82 Å². The first-order valence-corrected chi connectivity index (χ1v) is 6.69. The van der Waals surface area contributed by atoms with Crippen LogP contribution in [0.2, 0.25) is 0 Å². The van der Waals surface area contributed by atoms with Crippen molar-refractivity contribution in [1.82, 2.24) is 4.90 Å². The Labute approximate surface area is 115 Å². The Bertz CT molecular complexity index is 409. The molecule has 4 heteroatoms. The quantitative estimate of drug-likeness (QED) is 0.832. The molecule has 0 heterocycles. The van der Waals surface area contributed by atoms with Crippen LogP contribution < -0.4 is 5.73 Å². The van der Waals surface area contributed by atoms with Crippen molar-refractivity contribution in [2.24, 2.45) is 5.73 Å². The topological polar surface area (TPSA) is 49.5 Å². The molecule has 0 amide bonds. The molecule has 19 heavy (non-hydrogen) atoms. The molecule has 0 aliphatic rings. The van der Waals surface area contributed by atoms with Crippen molar-refractivity contribution in [3.05, 3.63) is 35.6 Å². The Morgan fingerprint density at radius 2 is 1.95 bits per heavy atom. The van der Waals surface area contributed by atoms with Crippen LogP contribution >= 0.6 is 0 Å². The monoisotopic (exact) mass is 268 g/mol. The molecular weight excluding hydrogens is 243 g/mol. The lowest BCUT2D eigenvalue weighted by molar-refractivity contribution is 0.0332. The molecule has 0 fully saturated rings. The lowest BCUT2D eigenvalue weighted by Gasteiger charge is -2.42. The fraction of sp³-hybridized carbons (Fsp3) is 0.600. The zero-order valence-electron chi connectivity index (χ0n) is 12.2. The average Bonchev–Trinajstić information content (AvgIpc) is 2.40. The van der Waals surface area contributed by atoms with Gasteiger partial charge < -0.3 is 10.8 Å². The van der Waals surface area contributed by atoms with E-state index >= 15 is 0 Å². The first kappa shape index (κ1) is 16.1. The molecule has 0 aliphatic heterocycles. The Hall–Kier alpha value is -0.970. The summed E-state index contributed by atoms with van der Waals surface area (Å²) in [5.74, 6) is -0.253. The molecule has 108 valence electrons. The summed E-state index contributed by atoms with van der Waals surface area (Å²) in [6.07, 6.45) is 0.741. The number of benzene rings is 1. The lowest BCUT2D eigenvalue weighted by Crippen LogP contribution is -2.51. The van der Waals surface area contributed by atoms with Crippen LogP contribution in [0.3, 0.4) is 0 Å². The molecule has 0 aliphatic carbocycles. The maximum atomic E-state index is 14.0. The van der Waals surface area contributed by atoms with E-state index < -0.39 is 5.54 Å².